The van der Waals surface area contributed by atoms with Gasteiger partial charge < -0.3 is 5.32 Å². The number of hydrogen-bond acceptors (Lipinski definition) is 3. The topological polar surface area (TPSA) is 29.1 Å². The largest absolute Gasteiger partial charge is 0.407 e. The highest BCUT2D eigenvalue weighted by Crippen LogP contribution is 2.60. The zero-order chi connectivity index (χ0) is 23.7. The van der Waals surface area contributed by atoms with E-state index in [1.165, 1.54) is 30.0 Å². The van der Waals surface area contributed by atoms with E-state index in [1.807, 2.05) is 19.9 Å². The van der Waals surface area contributed by atoms with Crippen molar-refractivity contribution in [2.75, 3.05) is 5.88 Å². The Kier molecular flexibility index (Phi) is 8.24. The van der Waals surface area contributed by atoms with Crippen LogP contribution in [0.25, 0.3) is 5.57 Å². The van der Waals surface area contributed by atoms with Crippen LogP contribution in [0.5, 0.6) is 0 Å². The van der Waals surface area contributed by atoms with Gasteiger partial charge in [-0.25, -0.2) is 0 Å². The van der Waals surface area contributed by atoms with E-state index in [0.717, 1.165) is 21.1 Å². The van der Waals surface area contributed by atoms with E-state index in [-0.39, 0.29) is 33.9 Å². The van der Waals surface area contributed by atoms with Crippen molar-refractivity contribution in [3.05, 3.63) is 67.5 Å². The molecule has 2 nitrogen and oxygen atoms in total. The summed E-state index contributed by atoms with van der Waals surface area (Å²) in [5.74, 6) is 0.264. The molecule has 2 aromatic carbocycles. The number of hydrogen-bond donors (Lipinski definition) is 1. The van der Waals surface area contributed by atoms with Crippen LogP contribution in [-0.4, -0.2) is 18.0 Å². The quantitative estimate of drug-likeness (QED) is 0.272. The summed E-state index contributed by atoms with van der Waals surface area (Å²) in [5, 5.41) is 4.71. The van der Waals surface area contributed by atoms with Crippen LogP contribution in [-0.2, 0) is 9.54 Å². The summed E-state index contributed by atoms with van der Waals surface area (Å²) in [6, 6.07) is 9.50. The van der Waals surface area contributed by atoms with Crippen molar-refractivity contribution in [3.8, 4) is 0 Å². The third kappa shape index (κ3) is 5.63. The highest BCUT2D eigenvalue weighted by molar-refractivity contribution is 9.10. The van der Waals surface area contributed by atoms with Gasteiger partial charge in [0.2, 0.25) is 5.91 Å². The predicted molar refractivity (Wildman–Crippen MR) is 132 cm³/mol. The second-order valence-corrected chi connectivity index (χ2v) is 11.5. The molecule has 0 radical (unpaired) electrons. The Bertz CT molecular complexity index is 1040. The van der Waals surface area contributed by atoms with E-state index in [1.54, 1.807) is 17.5 Å². The van der Waals surface area contributed by atoms with Crippen LogP contribution in [0.3, 0.4) is 0 Å². The molecule has 0 fully saturated rings. The number of amides is 1. The van der Waals surface area contributed by atoms with E-state index in [4.69, 9.17) is 23.2 Å². The molecule has 1 heterocycles. The second kappa shape index (κ2) is 10.2. The van der Waals surface area contributed by atoms with Crippen LogP contribution < -0.4 is 5.32 Å². The summed E-state index contributed by atoms with van der Waals surface area (Å²) >= 11 is 17.7. The third-order valence-corrected chi connectivity index (χ3v) is 8.66. The smallest absolute Gasteiger partial charge is 0.347 e. The minimum atomic E-state index is -4.51. The monoisotopic (exact) mass is 583 g/mol. The maximum Gasteiger partial charge on any atom is 0.407 e. The zero-order valence-corrected chi connectivity index (χ0v) is 21.8. The maximum absolute atomic E-state index is 14.3. The molecule has 0 saturated heterocycles. The lowest BCUT2D eigenvalue weighted by Crippen LogP contribution is -2.37. The summed E-state index contributed by atoms with van der Waals surface area (Å²) in [4.78, 5) is 12.6. The molecule has 10 heteroatoms. The lowest BCUT2D eigenvalue weighted by Gasteiger charge is -2.32. The molecule has 0 spiro atoms. The van der Waals surface area contributed by atoms with Crippen molar-refractivity contribution in [2.45, 2.75) is 36.1 Å². The van der Waals surface area contributed by atoms with Crippen LogP contribution in [0.1, 0.15) is 31.4 Å². The zero-order valence-electron chi connectivity index (χ0n) is 17.0. The van der Waals surface area contributed by atoms with Crippen molar-refractivity contribution in [3.63, 3.8) is 0 Å². The molecule has 1 amide bonds. The second-order valence-electron chi connectivity index (χ2n) is 7.55. The Hall–Kier alpha value is -0.800. The van der Waals surface area contributed by atoms with Gasteiger partial charge in [-0.2, -0.15) is 13.2 Å². The molecule has 32 heavy (non-hydrogen) atoms. The van der Waals surface area contributed by atoms with Gasteiger partial charge >= 0.3 is 6.18 Å². The number of carbonyl (C=O) groups is 1. The summed E-state index contributed by atoms with van der Waals surface area (Å²) in [6.07, 6.45) is -4.74. The Morgan fingerprint density at radius 1 is 1.22 bits per heavy atom. The van der Waals surface area contributed by atoms with Crippen LogP contribution in [0.15, 0.2) is 51.2 Å². The van der Waals surface area contributed by atoms with Crippen LogP contribution >= 0.6 is 62.7 Å². The molecule has 1 aliphatic rings. The fourth-order valence-corrected chi connectivity index (χ4v) is 6.36. The van der Waals surface area contributed by atoms with Gasteiger partial charge in [-0.3, -0.25) is 4.79 Å². The minimum Gasteiger partial charge on any atom is -0.347 e. The summed E-state index contributed by atoms with van der Waals surface area (Å²) in [5.41, 5.74) is 1.30. The van der Waals surface area contributed by atoms with Gasteiger partial charge in [-0.15, -0.1) is 23.5 Å². The van der Waals surface area contributed by atoms with Gasteiger partial charge in [0.1, 0.15) is 4.75 Å². The van der Waals surface area contributed by atoms with Gasteiger partial charge in [0, 0.05) is 31.8 Å². The third-order valence-electron chi connectivity index (χ3n) is 4.93. The first-order valence-corrected chi connectivity index (χ1v) is 12.9. The van der Waals surface area contributed by atoms with E-state index < -0.39 is 10.9 Å². The van der Waals surface area contributed by atoms with Crippen molar-refractivity contribution < 1.29 is 18.0 Å². The summed E-state index contributed by atoms with van der Waals surface area (Å²) in [6.45, 7) is 3.63. The molecule has 1 aliphatic heterocycles. The Morgan fingerprint density at radius 3 is 2.44 bits per heavy atom. The number of carbonyl (C=O) groups excluding carboxylic acids is 1. The van der Waals surface area contributed by atoms with E-state index in [2.05, 4.69) is 21.2 Å². The van der Waals surface area contributed by atoms with E-state index >= 15 is 0 Å². The van der Waals surface area contributed by atoms with Crippen molar-refractivity contribution >= 4 is 74.1 Å². The number of alkyl halides is 3. The van der Waals surface area contributed by atoms with E-state index in [0.29, 0.717) is 17.0 Å². The molecule has 0 saturated carbocycles. The SMILES string of the molecule is CC(C)C(=O)NCSc1ccc(C2=CSC(c3cc(Cl)cc(Cl)c3)(C(F)(F)F)C2)cc1Br. The molecular formula is C22H19BrCl2F3NOS2. The van der Waals surface area contributed by atoms with E-state index in [9.17, 15) is 18.0 Å². The Morgan fingerprint density at radius 2 is 1.88 bits per heavy atom. The van der Waals surface area contributed by atoms with Gasteiger partial charge in [-0.1, -0.05) is 43.1 Å². The molecule has 1 atom stereocenters. The average Bonchev–Trinajstić information content (AvgIpc) is 3.15. The van der Waals surface area contributed by atoms with Gasteiger partial charge in [0.25, 0.3) is 0 Å². The predicted octanol–water partition coefficient (Wildman–Crippen LogP) is 8.51. The molecule has 0 bridgehead atoms. The molecule has 1 N–H and O–H groups in total. The number of rotatable bonds is 6. The first kappa shape index (κ1) is 25.8. The number of thioether (sulfide) groups is 2. The number of nitrogens with one attached hydrogen (secondary N) is 1. The lowest BCUT2D eigenvalue weighted by atomic mass is 9.88. The van der Waals surface area contributed by atoms with Gasteiger partial charge in [-0.05, 0) is 68.4 Å². The number of benzene rings is 2. The van der Waals surface area contributed by atoms with Crippen LogP contribution in [0.4, 0.5) is 13.2 Å². The Labute approximate surface area is 211 Å². The normalized spacial score (nSPS) is 18.7. The summed E-state index contributed by atoms with van der Waals surface area (Å²) in [7, 11) is 0. The molecule has 0 aromatic heterocycles. The average molecular weight is 585 g/mol. The van der Waals surface area contributed by atoms with Crippen LogP contribution in [0, 0.1) is 5.92 Å². The van der Waals surface area contributed by atoms with Crippen molar-refractivity contribution in [2.24, 2.45) is 5.92 Å². The standard InChI is InChI=1S/C22H19BrCl2F3NOS2/c1-12(2)20(30)29-11-31-19-4-3-13(5-18(19)23)14-9-21(32-10-14,22(26,27)28)15-6-16(24)8-17(25)7-15/h3-8,10,12H,9,11H2,1-2H3,(H,29,30). The first-order valence-electron chi connectivity index (χ1n) is 9.53. The summed E-state index contributed by atoms with van der Waals surface area (Å²) < 4.78 is 41.4. The lowest BCUT2D eigenvalue weighted by molar-refractivity contribution is -0.160. The molecule has 1 unspecified atom stereocenters. The number of allylic oxidation sites excluding steroid dienone is 1. The highest BCUT2D eigenvalue weighted by Gasteiger charge is 2.58. The first-order chi connectivity index (χ1) is 14.9. The fraction of sp³-hybridized carbons (Fsp3) is 0.318. The van der Waals surface area contributed by atoms with Crippen molar-refractivity contribution in [1.29, 1.82) is 0 Å². The molecular weight excluding hydrogens is 566 g/mol. The van der Waals surface area contributed by atoms with Crippen LogP contribution in [0.2, 0.25) is 10.0 Å². The maximum atomic E-state index is 14.3. The van der Waals surface area contributed by atoms with Gasteiger partial charge in [0.15, 0.2) is 0 Å². The highest BCUT2D eigenvalue weighted by atomic mass is 79.9. The fourth-order valence-electron chi connectivity index (χ4n) is 3.19. The molecule has 0 aliphatic carbocycles. The minimum absolute atomic E-state index is 0.0332. The number of halogens is 6. The van der Waals surface area contributed by atoms with Gasteiger partial charge in [0.05, 0.1) is 5.88 Å². The van der Waals surface area contributed by atoms with Crippen molar-refractivity contribution in [1.82, 2.24) is 5.32 Å². The molecule has 2 aromatic rings. The molecule has 3 rings (SSSR count). The molecule has 172 valence electrons. The Balaban J connectivity index is 1.81.